The van der Waals surface area contributed by atoms with Crippen molar-refractivity contribution in [2.45, 2.75) is 0 Å². The smallest absolute Gasteiger partial charge is 0.246 e. The van der Waals surface area contributed by atoms with E-state index in [9.17, 15) is 23.1 Å². The summed E-state index contributed by atoms with van der Waals surface area (Å²) in [5, 5.41) is 11.6. The summed E-state index contributed by atoms with van der Waals surface area (Å²) in [6.45, 7) is -0.368. The largest absolute Gasteiger partial charge is 0.507 e. The number of nitrogens with zero attached hydrogens (tertiary/aromatic N) is 1. The van der Waals surface area contributed by atoms with E-state index in [2.05, 4.69) is 10.3 Å². The van der Waals surface area contributed by atoms with Crippen molar-refractivity contribution >= 4 is 17.8 Å². The van der Waals surface area contributed by atoms with Gasteiger partial charge in [-0.05, 0) is 24.3 Å². The van der Waals surface area contributed by atoms with Crippen LogP contribution in [-0.4, -0.2) is 23.8 Å². The van der Waals surface area contributed by atoms with Crippen molar-refractivity contribution in [3.05, 3.63) is 59.4 Å². The molecule has 0 aliphatic heterocycles. The van der Waals surface area contributed by atoms with Gasteiger partial charge in [0.1, 0.15) is 12.3 Å². The van der Waals surface area contributed by atoms with Crippen molar-refractivity contribution in [2.24, 2.45) is 4.99 Å². The molecule has 0 aliphatic rings. The topological polar surface area (TPSA) is 61.7 Å². The van der Waals surface area contributed by atoms with Crippen LogP contribution in [0.5, 0.6) is 5.75 Å². The Morgan fingerprint density at radius 2 is 1.86 bits per heavy atom. The molecule has 4 nitrogen and oxygen atoms in total. The monoisotopic (exact) mass is 308 g/mol. The highest BCUT2D eigenvalue weighted by Gasteiger charge is 2.14. The van der Waals surface area contributed by atoms with E-state index in [0.717, 1.165) is 6.07 Å². The second-order valence-electron chi connectivity index (χ2n) is 4.30. The Morgan fingerprint density at radius 1 is 1.14 bits per heavy atom. The molecule has 2 aromatic rings. The summed E-state index contributed by atoms with van der Waals surface area (Å²) >= 11 is 0. The number of benzene rings is 2. The molecule has 0 unspecified atom stereocenters. The number of amides is 1. The average molecular weight is 308 g/mol. The first-order chi connectivity index (χ1) is 10.5. The zero-order valence-corrected chi connectivity index (χ0v) is 11.2. The summed E-state index contributed by atoms with van der Waals surface area (Å²) < 4.78 is 39.1. The first kappa shape index (κ1) is 15.6. The maximum atomic E-state index is 13.4. The van der Waals surface area contributed by atoms with E-state index in [1.807, 2.05) is 0 Å². The maximum Gasteiger partial charge on any atom is 0.246 e. The molecule has 0 fully saturated rings. The lowest BCUT2D eigenvalue weighted by atomic mass is 10.2. The van der Waals surface area contributed by atoms with Crippen molar-refractivity contribution in [2.75, 3.05) is 11.9 Å². The molecule has 0 radical (unpaired) electrons. The third-order valence-corrected chi connectivity index (χ3v) is 2.71. The van der Waals surface area contributed by atoms with Gasteiger partial charge >= 0.3 is 0 Å². The molecule has 0 saturated heterocycles. The van der Waals surface area contributed by atoms with Gasteiger partial charge in [-0.3, -0.25) is 9.79 Å². The molecule has 7 heteroatoms. The van der Waals surface area contributed by atoms with Crippen LogP contribution in [-0.2, 0) is 4.79 Å². The van der Waals surface area contributed by atoms with Gasteiger partial charge in [-0.15, -0.1) is 0 Å². The SMILES string of the molecule is O=C(CN=Cc1ccccc1O)Nc1ccc(F)c(F)c1F. The minimum Gasteiger partial charge on any atom is -0.507 e. The number of para-hydroxylation sites is 1. The molecule has 0 spiro atoms. The van der Waals surface area contributed by atoms with Crippen LogP contribution < -0.4 is 5.32 Å². The number of phenolic OH excluding ortho intramolecular Hbond substituents is 1. The van der Waals surface area contributed by atoms with Crippen molar-refractivity contribution in [3.8, 4) is 5.75 Å². The van der Waals surface area contributed by atoms with Crippen LogP contribution in [0.4, 0.5) is 18.9 Å². The second kappa shape index (κ2) is 6.75. The zero-order chi connectivity index (χ0) is 16.1. The molecule has 0 saturated carbocycles. The average Bonchev–Trinajstić information content (AvgIpc) is 2.50. The van der Waals surface area contributed by atoms with Gasteiger partial charge in [0.05, 0.1) is 5.69 Å². The van der Waals surface area contributed by atoms with Crippen LogP contribution in [0, 0.1) is 17.5 Å². The predicted octanol–water partition coefficient (Wildman–Crippen LogP) is 2.87. The fourth-order valence-electron chi connectivity index (χ4n) is 1.64. The highest BCUT2D eigenvalue weighted by atomic mass is 19.2. The van der Waals surface area contributed by atoms with E-state index in [1.165, 1.54) is 12.3 Å². The van der Waals surface area contributed by atoms with Gasteiger partial charge in [0.25, 0.3) is 0 Å². The number of carbonyl (C=O) groups excluding carboxylic acids is 1. The lowest BCUT2D eigenvalue weighted by molar-refractivity contribution is -0.114. The molecule has 1 amide bonds. The zero-order valence-electron chi connectivity index (χ0n) is 11.2. The molecule has 114 valence electrons. The third kappa shape index (κ3) is 3.63. The normalized spacial score (nSPS) is 10.9. The van der Waals surface area contributed by atoms with Crippen LogP contribution in [0.25, 0.3) is 0 Å². The van der Waals surface area contributed by atoms with Crippen molar-refractivity contribution in [1.29, 1.82) is 0 Å². The lowest BCUT2D eigenvalue weighted by Gasteiger charge is -2.05. The number of halogens is 3. The van der Waals surface area contributed by atoms with Gasteiger partial charge in [-0.2, -0.15) is 0 Å². The molecule has 22 heavy (non-hydrogen) atoms. The van der Waals surface area contributed by atoms with Crippen LogP contribution in [0.1, 0.15) is 5.56 Å². The van der Waals surface area contributed by atoms with E-state index in [0.29, 0.717) is 11.6 Å². The molecule has 2 N–H and O–H groups in total. The van der Waals surface area contributed by atoms with E-state index in [1.54, 1.807) is 18.2 Å². The number of rotatable bonds is 4. The lowest BCUT2D eigenvalue weighted by Crippen LogP contribution is -2.16. The quantitative estimate of drug-likeness (QED) is 0.674. The van der Waals surface area contributed by atoms with Crippen molar-refractivity contribution in [3.63, 3.8) is 0 Å². The minimum absolute atomic E-state index is 0.00157. The summed E-state index contributed by atoms with van der Waals surface area (Å²) in [6, 6.07) is 7.98. The molecule has 2 rings (SSSR count). The van der Waals surface area contributed by atoms with Crippen molar-refractivity contribution < 1.29 is 23.1 Å². The number of nitrogens with one attached hydrogen (secondary N) is 1. The van der Waals surface area contributed by atoms with Gasteiger partial charge in [0.2, 0.25) is 5.91 Å². The Balaban J connectivity index is 1.99. The van der Waals surface area contributed by atoms with Crippen LogP contribution in [0.2, 0.25) is 0 Å². The van der Waals surface area contributed by atoms with Gasteiger partial charge in [-0.1, -0.05) is 12.1 Å². The van der Waals surface area contributed by atoms with E-state index in [4.69, 9.17) is 0 Å². The van der Waals surface area contributed by atoms with E-state index >= 15 is 0 Å². The first-order valence-electron chi connectivity index (χ1n) is 6.20. The maximum absolute atomic E-state index is 13.4. The fourth-order valence-corrected chi connectivity index (χ4v) is 1.64. The first-order valence-corrected chi connectivity index (χ1v) is 6.20. The number of anilines is 1. The summed E-state index contributed by atoms with van der Waals surface area (Å²) in [6.07, 6.45) is 1.27. The molecule has 0 heterocycles. The molecular formula is C15H11F3N2O2. The summed E-state index contributed by atoms with van der Waals surface area (Å²) in [7, 11) is 0. The Kier molecular flexibility index (Phi) is 4.77. The highest BCUT2D eigenvalue weighted by Crippen LogP contribution is 2.19. The number of carbonyl (C=O) groups is 1. The highest BCUT2D eigenvalue weighted by molar-refractivity contribution is 5.94. The standard InChI is InChI=1S/C15H11F3N2O2/c16-10-5-6-11(15(18)14(10)17)20-13(22)8-19-7-9-3-1-2-4-12(9)21/h1-7,21H,8H2,(H,20,22). The molecule has 0 bridgehead atoms. The summed E-state index contributed by atoms with van der Waals surface area (Å²) in [5.74, 6) is -5.18. The number of hydrogen-bond acceptors (Lipinski definition) is 3. The Hall–Kier alpha value is -2.83. The number of hydrogen-bond donors (Lipinski definition) is 2. The van der Waals surface area contributed by atoms with Gasteiger partial charge < -0.3 is 10.4 Å². The molecule has 0 atom stereocenters. The van der Waals surface area contributed by atoms with Gasteiger partial charge in [-0.25, -0.2) is 13.2 Å². The van der Waals surface area contributed by atoms with E-state index < -0.39 is 29.0 Å². The van der Waals surface area contributed by atoms with Crippen molar-refractivity contribution in [1.82, 2.24) is 0 Å². The number of aromatic hydroxyl groups is 1. The number of phenols is 1. The molecule has 0 aliphatic carbocycles. The number of aliphatic imine (C=N–C) groups is 1. The second-order valence-corrected chi connectivity index (χ2v) is 4.30. The molecule has 2 aromatic carbocycles. The van der Waals surface area contributed by atoms with Crippen LogP contribution in [0.3, 0.4) is 0 Å². The minimum atomic E-state index is -1.66. The predicted molar refractivity (Wildman–Crippen MR) is 75.5 cm³/mol. The Bertz CT molecular complexity index is 733. The fraction of sp³-hybridized carbons (Fsp3) is 0.0667. The van der Waals surface area contributed by atoms with Gasteiger partial charge in [0.15, 0.2) is 17.5 Å². The summed E-state index contributed by atoms with van der Waals surface area (Å²) in [4.78, 5) is 15.3. The molecule has 0 aromatic heterocycles. The Morgan fingerprint density at radius 3 is 2.59 bits per heavy atom. The summed E-state index contributed by atoms with van der Waals surface area (Å²) in [5.41, 5.74) is -0.0593. The van der Waals surface area contributed by atoms with Crippen LogP contribution >= 0.6 is 0 Å². The van der Waals surface area contributed by atoms with Crippen LogP contribution in [0.15, 0.2) is 41.4 Å². The third-order valence-electron chi connectivity index (χ3n) is 2.71. The van der Waals surface area contributed by atoms with Gasteiger partial charge in [0, 0.05) is 11.8 Å². The van der Waals surface area contributed by atoms with E-state index in [-0.39, 0.29) is 12.3 Å². The molecular weight excluding hydrogens is 297 g/mol. The Labute approximate surface area is 123 Å².